The average molecular weight is 326 g/mol. The first-order valence-electron chi connectivity index (χ1n) is 8.13. The van der Waals surface area contributed by atoms with Crippen molar-refractivity contribution >= 4 is 9.84 Å². The molecule has 2 N–H and O–H groups in total. The molecule has 0 aliphatic heterocycles. The lowest BCUT2D eigenvalue weighted by molar-refractivity contribution is -0.174. The predicted octanol–water partition coefficient (Wildman–Crippen LogP) is 2.98. The zero-order valence-electron chi connectivity index (χ0n) is 13.2. The molecule has 4 nitrogen and oxygen atoms in total. The molecule has 22 heavy (non-hydrogen) atoms. The molecule has 0 radical (unpaired) electrons. The van der Waals surface area contributed by atoms with E-state index in [4.69, 9.17) is 0 Å². The molecular formula is C17H26O4S. The van der Waals surface area contributed by atoms with E-state index < -0.39 is 15.6 Å². The van der Waals surface area contributed by atoms with Crippen molar-refractivity contribution in [1.82, 2.24) is 0 Å². The van der Waals surface area contributed by atoms with Gasteiger partial charge in [0.1, 0.15) is 0 Å². The van der Waals surface area contributed by atoms with Crippen LogP contribution in [0.1, 0.15) is 57.4 Å². The second-order valence-electron chi connectivity index (χ2n) is 6.38. The molecule has 1 aromatic rings. The minimum atomic E-state index is -3.38. The largest absolute Gasteiger partial charge is 0.362 e. The van der Waals surface area contributed by atoms with Gasteiger partial charge in [-0.05, 0) is 30.9 Å². The Hall–Kier alpha value is -0.910. The van der Waals surface area contributed by atoms with Gasteiger partial charge in [0.25, 0.3) is 0 Å². The van der Waals surface area contributed by atoms with Gasteiger partial charge in [-0.1, -0.05) is 44.7 Å². The van der Waals surface area contributed by atoms with Gasteiger partial charge in [-0.3, -0.25) is 0 Å². The third kappa shape index (κ3) is 4.31. The highest BCUT2D eigenvalue weighted by atomic mass is 32.2. The van der Waals surface area contributed by atoms with Gasteiger partial charge in [0.15, 0.2) is 15.6 Å². The summed E-state index contributed by atoms with van der Waals surface area (Å²) >= 11 is 0. The van der Waals surface area contributed by atoms with Crippen molar-refractivity contribution in [2.45, 2.75) is 62.6 Å². The van der Waals surface area contributed by atoms with Gasteiger partial charge in [-0.25, -0.2) is 8.42 Å². The highest BCUT2D eigenvalue weighted by Gasteiger charge is 2.28. The summed E-state index contributed by atoms with van der Waals surface area (Å²) < 4.78 is 25.1. The SMILES string of the molecule is CCCC(O)(O)c1cccc(S(=O)(=O)CC2CCCCC2)c1. The van der Waals surface area contributed by atoms with Crippen LogP contribution in [0, 0.1) is 5.92 Å². The summed E-state index contributed by atoms with van der Waals surface area (Å²) in [7, 11) is -3.38. The maximum Gasteiger partial charge on any atom is 0.189 e. The molecule has 1 saturated carbocycles. The molecule has 2 rings (SSSR count). The number of hydrogen-bond acceptors (Lipinski definition) is 4. The molecule has 1 fully saturated rings. The predicted molar refractivity (Wildman–Crippen MR) is 86.1 cm³/mol. The molecular weight excluding hydrogens is 300 g/mol. The zero-order valence-corrected chi connectivity index (χ0v) is 14.0. The minimum Gasteiger partial charge on any atom is -0.362 e. The van der Waals surface area contributed by atoms with Crippen LogP contribution in [0.5, 0.6) is 0 Å². The van der Waals surface area contributed by atoms with Crippen molar-refractivity contribution < 1.29 is 18.6 Å². The molecule has 1 aliphatic carbocycles. The first kappa shape index (κ1) is 17.4. The van der Waals surface area contributed by atoms with Crippen LogP contribution in [0.2, 0.25) is 0 Å². The highest BCUT2D eigenvalue weighted by molar-refractivity contribution is 7.91. The Kier molecular flexibility index (Phi) is 5.64. The second-order valence-corrected chi connectivity index (χ2v) is 8.41. The van der Waals surface area contributed by atoms with Crippen molar-refractivity contribution in [3.05, 3.63) is 29.8 Å². The molecule has 0 spiro atoms. The van der Waals surface area contributed by atoms with Gasteiger partial charge in [0.05, 0.1) is 10.6 Å². The van der Waals surface area contributed by atoms with Crippen LogP contribution >= 0.6 is 0 Å². The Morgan fingerprint density at radius 1 is 1.18 bits per heavy atom. The van der Waals surface area contributed by atoms with E-state index in [0.717, 1.165) is 25.7 Å². The maximum absolute atomic E-state index is 12.6. The van der Waals surface area contributed by atoms with Crippen molar-refractivity contribution in [2.75, 3.05) is 5.75 Å². The smallest absolute Gasteiger partial charge is 0.189 e. The van der Waals surface area contributed by atoms with E-state index in [2.05, 4.69) is 0 Å². The molecule has 1 aliphatic rings. The third-order valence-corrected chi connectivity index (χ3v) is 6.32. The van der Waals surface area contributed by atoms with E-state index in [9.17, 15) is 18.6 Å². The molecule has 0 unspecified atom stereocenters. The number of sulfone groups is 1. The Bertz CT molecular complexity index is 586. The van der Waals surface area contributed by atoms with Crippen molar-refractivity contribution in [2.24, 2.45) is 5.92 Å². The molecule has 0 saturated heterocycles. The number of aliphatic hydroxyl groups is 2. The molecule has 0 heterocycles. The van der Waals surface area contributed by atoms with Gasteiger partial charge in [-0.15, -0.1) is 0 Å². The maximum atomic E-state index is 12.6. The van der Waals surface area contributed by atoms with E-state index in [-0.39, 0.29) is 28.6 Å². The van der Waals surface area contributed by atoms with E-state index >= 15 is 0 Å². The van der Waals surface area contributed by atoms with Crippen molar-refractivity contribution in [1.29, 1.82) is 0 Å². The fraction of sp³-hybridized carbons (Fsp3) is 0.647. The Morgan fingerprint density at radius 3 is 2.50 bits per heavy atom. The van der Waals surface area contributed by atoms with Crippen LogP contribution in [0.15, 0.2) is 29.2 Å². The Labute approximate surface area is 133 Å². The first-order valence-corrected chi connectivity index (χ1v) is 9.78. The summed E-state index contributed by atoms with van der Waals surface area (Å²) in [5.41, 5.74) is 0.249. The summed E-state index contributed by atoms with van der Waals surface area (Å²) in [4.78, 5) is 0.194. The van der Waals surface area contributed by atoms with Crippen LogP contribution in [0.4, 0.5) is 0 Å². The fourth-order valence-corrected chi connectivity index (χ4v) is 4.93. The van der Waals surface area contributed by atoms with Gasteiger partial charge in [-0.2, -0.15) is 0 Å². The summed E-state index contributed by atoms with van der Waals surface area (Å²) in [5, 5.41) is 20.1. The average Bonchev–Trinajstić information content (AvgIpc) is 2.48. The summed E-state index contributed by atoms with van der Waals surface area (Å²) in [5.74, 6) is -1.58. The van der Waals surface area contributed by atoms with Gasteiger partial charge in [0, 0.05) is 12.0 Å². The lowest BCUT2D eigenvalue weighted by Gasteiger charge is -2.23. The van der Waals surface area contributed by atoms with Crippen molar-refractivity contribution in [3.63, 3.8) is 0 Å². The van der Waals surface area contributed by atoms with E-state index in [1.807, 2.05) is 6.92 Å². The van der Waals surface area contributed by atoms with Crippen molar-refractivity contribution in [3.8, 4) is 0 Å². The monoisotopic (exact) mass is 326 g/mol. The molecule has 0 atom stereocenters. The molecule has 1 aromatic carbocycles. The lowest BCUT2D eigenvalue weighted by atomic mass is 9.91. The van der Waals surface area contributed by atoms with Gasteiger partial charge >= 0.3 is 0 Å². The molecule has 5 heteroatoms. The zero-order chi connectivity index (χ0) is 16.2. The molecule has 0 aromatic heterocycles. The number of hydrogen-bond donors (Lipinski definition) is 2. The summed E-state index contributed by atoms with van der Waals surface area (Å²) in [6.45, 7) is 1.85. The van der Waals surface area contributed by atoms with Crippen LogP contribution in [-0.2, 0) is 15.6 Å². The molecule has 0 bridgehead atoms. The highest BCUT2D eigenvalue weighted by Crippen LogP contribution is 2.29. The topological polar surface area (TPSA) is 74.6 Å². The van der Waals surface area contributed by atoms with Crippen LogP contribution < -0.4 is 0 Å². The normalized spacial score (nSPS) is 17.6. The number of benzene rings is 1. The first-order chi connectivity index (χ1) is 10.3. The Balaban J connectivity index is 2.20. The van der Waals surface area contributed by atoms with Crippen LogP contribution in [-0.4, -0.2) is 24.4 Å². The summed E-state index contributed by atoms with van der Waals surface area (Å²) in [6.07, 6.45) is 6.13. The summed E-state index contributed by atoms with van der Waals surface area (Å²) in [6, 6.07) is 6.10. The van der Waals surface area contributed by atoms with E-state index in [0.29, 0.717) is 6.42 Å². The Morgan fingerprint density at radius 2 is 1.86 bits per heavy atom. The quantitative estimate of drug-likeness (QED) is 0.788. The van der Waals surface area contributed by atoms with E-state index in [1.54, 1.807) is 18.2 Å². The minimum absolute atomic E-state index is 0.161. The standard InChI is InChI=1S/C17H26O4S/c1-2-11-17(18,19)15-9-6-10-16(12-15)22(20,21)13-14-7-4-3-5-8-14/h6,9-10,12,14,18-19H,2-5,7-8,11,13H2,1H3. The van der Waals surface area contributed by atoms with Gasteiger partial charge < -0.3 is 10.2 Å². The van der Waals surface area contributed by atoms with E-state index in [1.165, 1.54) is 12.5 Å². The molecule has 0 amide bonds. The third-order valence-electron chi connectivity index (χ3n) is 4.43. The van der Waals surface area contributed by atoms with Crippen LogP contribution in [0.3, 0.4) is 0 Å². The second kappa shape index (κ2) is 7.11. The number of rotatable bonds is 6. The van der Waals surface area contributed by atoms with Crippen LogP contribution in [0.25, 0.3) is 0 Å². The lowest BCUT2D eigenvalue weighted by Crippen LogP contribution is -2.25. The van der Waals surface area contributed by atoms with Gasteiger partial charge in [0.2, 0.25) is 0 Å². The fourth-order valence-electron chi connectivity index (χ4n) is 3.19. The molecule has 124 valence electrons.